The molecule has 0 atom stereocenters. The van der Waals surface area contributed by atoms with E-state index in [4.69, 9.17) is 13.9 Å². The summed E-state index contributed by atoms with van der Waals surface area (Å²) in [6.45, 7) is 3.89. The summed E-state index contributed by atoms with van der Waals surface area (Å²) < 4.78 is 17.4. The van der Waals surface area contributed by atoms with Crippen molar-refractivity contribution in [1.82, 2.24) is 29.8 Å². The molecule has 4 rings (SSSR count). The summed E-state index contributed by atoms with van der Waals surface area (Å²) in [5, 5.41) is 13.7. The van der Waals surface area contributed by atoms with E-state index in [1.54, 1.807) is 4.52 Å². The predicted octanol–water partition coefficient (Wildman–Crippen LogP) is 3.87. The van der Waals surface area contributed by atoms with Gasteiger partial charge in [-0.1, -0.05) is 47.8 Å². The van der Waals surface area contributed by atoms with Crippen molar-refractivity contribution in [3.63, 3.8) is 0 Å². The molecule has 10 nitrogen and oxygen atoms in total. The van der Waals surface area contributed by atoms with Crippen molar-refractivity contribution in [3.8, 4) is 0 Å². The lowest BCUT2D eigenvalue weighted by atomic mass is 10.0. The van der Waals surface area contributed by atoms with Gasteiger partial charge in [-0.05, 0) is 31.0 Å². The fourth-order valence-corrected chi connectivity index (χ4v) is 4.63. The second kappa shape index (κ2) is 10.7. The third-order valence-electron chi connectivity index (χ3n) is 4.67. The first-order chi connectivity index (χ1) is 16.5. The van der Waals surface area contributed by atoms with Crippen molar-refractivity contribution >= 4 is 40.8 Å². The Balaban J connectivity index is 1.41. The summed E-state index contributed by atoms with van der Waals surface area (Å²) in [5.41, 5.74) is 3.82. The lowest BCUT2D eigenvalue weighted by Gasteiger charge is -2.10. The molecule has 0 bridgehead atoms. The standard InChI is InChI=1S/C22H22N6O4S2/c1-13-9-14(2)28-20(23-13)24-21(27-28)33-12-18-25-26-22(32-18)34-11-15-7-5-6-8-16(15)17(10-30-3)19(29)31-4/h5-10H,11-12H2,1-4H3/b17-10+. The number of rotatable bonds is 9. The highest BCUT2D eigenvalue weighted by atomic mass is 32.2. The summed E-state index contributed by atoms with van der Waals surface area (Å²) in [6.07, 6.45) is 1.38. The van der Waals surface area contributed by atoms with Gasteiger partial charge in [-0.3, -0.25) is 0 Å². The highest BCUT2D eigenvalue weighted by molar-refractivity contribution is 7.98. The van der Waals surface area contributed by atoms with E-state index in [9.17, 15) is 4.79 Å². The number of aryl methyl sites for hydroxylation is 2. The third kappa shape index (κ3) is 5.39. The van der Waals surface area contributed by atoms with E-state index in [0.29, 0.717) is 39.1 Å². The van der Waals surface area contributed by atoms with Gasteiger partial charge >= 0.3 is 5.97 Å². The molecule has 3 heterocycles. The monoisotopic (exact) mass is 498 g/mol. The Morgan fingerprint density at radius 1 is 1.12 bits per heavy atom. The van der Waals surface area contributed by atoms with Crippen LogP contribution in [-0.4, -0.2) is 50.0 Å². The topological polar surface area (TPSA) is 118 Å². The van der Waals surface area contributed by atoms with E-state index < -0.39 is 5.97 Å². The molecule has 4 aromatic rings. The highest BCUT2D eigenvalue weighted by Gasteiger charge is 2.18. The highest BCUT2D eigenvalue weighted by Crippen LogP contribution is 2.29. The summed E-state index contributed by atoms with van der Waals surface area (Å²) in [5.74, 6) is 1.51. The number of carbonyl (C=O) groups is 1. The summed E-state index contributed by atoms with van der Waals surface area (Å²) in [4.78, 5) is 21.0. The molecule has 0 saturated carbocycles. The number of ether oxygens (including phenoxy) is 2. The molecular formula is C22H22N6O4S2. The van der Waals surface area contributed by atoms with Crippen LogP contribution in [0.5, 0.6) is 0 Å². The number of thioether (sulfide) groups is 2. The predicted molar refractivity (Wildman–Crippen MR) is 127 cm³/mol. The van der Waals surface area contributed by atoms with Crippen LogP contribution in [0.15, 0.2) is 51.4 Å². The van der Waals surface area contributed by atoms with Gasteiger partial charge in [-0.15, -0.1) is 15.3 Å². The Kier molecular flexibility index (Phi) is 7.48. The van der Waals surface area contributed by atoms with Crippen molar-refractivity contribution in [2.75, 3.05) is 14.2 Å². The third-order valence-corrected chi connectivity index (χ3v) is 6.36. The quantitative estimate of drug-likeness (QED) is 0.145. The Bertz CT molecular complexity index is 1350. The molecule has 0 saturated heterocycles. The fourth-order valence-electron chi connectivity index (χ4n) is 3.19. The molecule has 0 aliphatic carbocycles. The molecule has 34 heavy (non-hydrogen) atoms. The van der Waals surface area contributed by atoms with Gasteiger partial charge in [0.2, 0.25) is 11.0 Å². The van der Waals surface area contributed by atoms with E-state index in [-0.39, 0.29) is 0 Å². The minimum absolute atomic E-state index is 0.337. The minimum atomic E-state index is -0.475. The van der Waals surface area contributed by atoms with Gasteiger partial charge in [0.1, 0.15) is 5.57 Å². The van der Waals surface area contributed by atoms with Crippen LogP contribution < -0.4 is 0 Å². The lowest BCUT2D eigenvalue weighted by Crippen LogP contribution is -2.06. The maximum absolute atomic E-state index is 12.2. The maximum Gasteiger partial charge on any atom is 0.341 e. The Morgan fingerprint density at radius 2 is 1.94 bits per heavy atom. The van der Waals surface area contributed by atoms with Gasteiger partial charge in [0, 0.05) is 17.1 Å². The molecule has 12 heteroatoms. The number of hydrogen-bond acceptors (Lipinski definition) is 11. The Labute approximate surface area is 204 Å². The zero-order valence-corrected chi connectivity index (χ0v) is 20.6. The van der Waals surface area contributed by atoms with Crippen molar-refractivity contribution in [2.24, 2.45) is 0 Å². The Hall–Kier alpha value is -3.38. The first kappa shape index (κ1) is 23.8. The number of methoxy groups -OCH3 is 2. The van der Waals surface area contributed by atoms with Gasteiger partial charge in [0.25, 0.3) is 11.0 Å². The molecule has 3 aromatic heterocycles. The SMILES string of the molecule is CO/C=C(/C(=O)OC)c1ccccc1CSc1nnc(CSc2nc3nc(C)cc(C)n3n2)o1. The lowest BCUT2D eigenvalue weighted by molar-refractivity contribution is -0.133. The van der Waals surface area contributed by atoms with Crippen LogP contribution in [0.4, 0.5) is 0 Å². The first-order valence-electron chi connectivity index (χ1n) is 10.2. The van der Waals surface area contributed by atoms with Gasteiger partial charge in [0.15, 0.2) is 0 Å². The zero-order valence-electron chi connectivity index (χ0n) is 19.0. The second-order valence-corrected chi connectivity index (χ2v) is 8.97. The van der Waals surface area contributed by atoms with E-state index in [0.717, 1.165) is 22.5 Å². The fraction of sp³-hybridized carbons (Fsp3) is 0.273. The number of esters is 1. The summed E-state index contributed by atoms with van der Waals surface area (Å²) in [7, 11) is 2.82. The van der Waals surface area contributed by atoms with Gasteiger partial charge < -0.3 is 13.9 Å². The van der Waals surface area contributed by atoms with E-state index in [1.807, 2.05) is 44.2 Å². The van der Waals surface area contributed by atoms with E-state index >= 15 is 0 Å². The summed E-state index contributed by atoms with van der Waals surface area (Å²) in [6, 6.07) is 9.47. The molecule has 0 unspecified atom stereocenters. The molecular weight excluding hydrogens is 476 g/mol. The molecule has 0 spiro atoms. The smallest absolute Gasteiger partial charge is 0.341 e. The van der Waals surface area contributed by atoms with Crippen LogP contribution in [0.2, 0.25) is 0 Å². The summed E-state index contributed by atoms with van der Waals surface area (Å²) >= 11 is 2.78. The van der Waals surface area contributed by atoms with Crippen LogP contribution in [0.1, 0.15) is 28.4 Å². The largest absolute Gasteiger partial charge is 0.503 e. The zero-order chi connectivity index (χ0) is 24.1. The molecule has 0 aliphatic heterocycles. The number of fused-ring (bicyclic) bond motifs is 1. The van der Waals surface area contributed by atoms with Crippen molar-refractivity contribution in [2.45, 2.75) is 35.7 Å². The molecule has 176 valence electrons. The number of carbonyl (C=O) groups excluding carboxylic acids is 1. The minimum Gasteiger partial charge on any atom is -0.503 e. The number of benzene rings is 1. The van der Waals surface area contributed by atoms with Crippen LogP contribution in [0, 0.1) is 13.8 Å². The first-order valence-corrected chi connectivity index (χ1v) is 12.1. The van der Waals surface area contributed by atoms with Crippen LogP contribution in [0.25, 0.3) is 11.4 Å². The molecule has 0 fully saturated rings. The molecule has 0 amide bonds. The van der Waals surface area contributed by atoms with Gasteiger partial charge in [0.05, 0.1) is 26.2 Å². The van der Waals surface area contributed by atoms with Crippen molar-refractivity contribution < 1.29 is 18.7 Å². The average molecular weight is 499 g/mol. The normalized spacial score (nSPS) is 11.7. The molecule has 1 aromatic carbocycles. The molecule has 0 radical (unpaired) electrons. The van der Waals surface area contributed by atoms with E-state index in [1.165, 1.54) is 44.0 Å². The van der Waals surface area contributed by atoms with Gasteiger partial charge in [-0.2, -0.15) is 4.98 Å². The van der Waals surface area contributed by atoms with Crippen LogP contribution >= 0.6 is 23.5 Å². The number of nitrogens with zero attached hydrogens (tertiary/aromatic N) is 6. The molecule has 0 N–H and O–H groups in total. The van der Waals surface area contributed by atoms with Crippen LogP contribution in [0.3, 0.4) is 0 Å². The van der Waals surface area contributed by atoms with Crippen molar-refractivity contribution in [1.29, 1.82) is 0 Å². The Morgan fingerprint density at radius 3 is 2.74 bits per heavy atom. The van der Waals surface area contributed by atoms with Crippen molar-refractivity contribution in [3.05, 3.63) is 65.0 Å². The average Bonchev–Trinajstić information content (AvgIpc) is 3.46. The van der Waals surface area contributed by atoms with E-state index in [2.05, 4.69) is 25.3 Å². The maximum atomic E-state index is 12.2. The number of hydrogen-bond donors (Lipinski definition) is 0. The molecule has 0 aliphatic rings. The van der Waals surface area contributed by atoms with Crippen LogP contribution in [-0.2, 0) is 25.8 Å². The van der Waals surface area contributed by atoms with Gasteiger partial charge in [-0.25, -0.2) is 14.3 Å². The number of aromatic nitrogens is 6. The second-order valence-electron chi connectivity index (χ2n) is 7.10.